The van der Waals surface area contributed by atoms with Gasteiger partial charge in [0.15, 0.2) is 0 Å². The number of nitrogens with zero attached hydrogens (tertiary/aromatic N) is 2. The number of para-hydroxylation sites is 1. The summed E-state index contributed by atoms with van der Waals surface area (Å²) < 4.78 is 50.9. The first-order valence-electron chi connectivity index (χ1n) is 12.9. The number of hydrogen-bond acceptors (Lipinski definition) is 1. The Morgan fingerprint density at radius 2 is 1.41 bits per heavy atom. The Labute approximate surface area is 180 Å². The van der Waals surface area contributed by atoms with Crippen LogP contribution in [0.2, 0.25) is 0 Å². The molecule has 5 aromatic rings. The van der Waals surface area contributed by atoms with Crippen molar-refractivity contribution < 1.29 is 8.22 Å². The van der Waals surface area contributed by atoms with E-state index < -0.39 is 19.6 Å². The molecule has 0 aliphatic carbocycles. The van der Waals surface area contributed by atoms with E-state index in [0.717, 1.165) is 32.9 Å². The van der Waals surface area contributed by atoms with E-state index in [9.17, 15) is 0 Å². The normalized spacial score (nSPS) is 16.0. The summed E-state index contributed by atoms with van der Waals surface area (Å²) in [4.78, 5) is 4.78. The van der Waals surface area contributed by atoms with Gasteiger partial charge >= 0.3 is 0 Å². The first kappa shape index (κ1) is 12.4. The highest BCUT2D eigenvalue weighted by atomic mass is 15.0. The van der Waals surface area contributed by atoms with Crippen molar-refractivity contribution in [3.63, 3.8) is 0 Å². The Morgan fingerprint density at radius 3 is 2.14 bits per heavy atom. The monoisotopic (exact) mass is 384 g/mol. The first-order chi connectivity index (χ1) is 16.5. The maximum Gasteiger partial charge on any atom is 0.145 e. The summed E-state index contributed by atoms with van der Waals surface area (Å²) in [5.74, 6) is -1.59. The van der Waals surface area contributed by atoms with Crippen molar-refractivity contribution in [2.75, 3.05) is 0 Å². The molecule has 0 unspecified atom stereocenters. The molecule has 0 saturated carbocycles. The molecule has 0 spiro atoms. The number of imidazole rings is 1. The van der Waals surface area contributed by atoms with Crippen molar-refractivity contribution in [2.24, 2.45) is 0 Å². The molecule has 2 aromatic heterocycles. The van der Waals surface area contributed by atoms with Crippen molar-refractivity contribution in [1.29, 1.82) is 0 Å². The first-order valence-corrected chi connectivity index (χ1v) is 9.90. The molecule has 2 heteroatoms. The lowest BCUT2D eigenvalue weighted by Gasteiger charge is -2.20. The molecule has 5 rings (SSSR count). The number of aromatic nitrogens is 2. The van der Waals surface area contributed by atoms with Crippen LogP contribution in [0.15, 0.2) is 72.9 Å². The van der Waals surface area contributed by atoms with Crippen molar-refractivity contribution in [2.45, 2.75) is 39.4 Å². The summed E-state index contributed by atoms with van der Waals surface area (Å²) in [6.45, 7) is -1.35. The zero-order chi connectivity index (χ0) is 25.1. The van der Waals surface area contributed by atoms with E-state index in [1.54, 1.807) is 18.3 Å². The van der Waals surface area contributed by atoms with Gasteiger partial charge in [-0.3, -0.25) is 4.40 Å². The second-order valence-electron chi connectivity index (χ2n) is 7.76. The molecule has 0 bridgehead atoms. The Hall–Kier alpha value is -3.13. The summed E-state index contributed by atoms with van der Waals surface area (Å²) in [6.07, 6.45) is 1.75. The maximum atomic E-state index is 8.14. The van der Waals surface area contributed by atoms with Crippen LogP contribution in [0.5, 0.6) is 0 Å². The lowest BCUT2D eigenvalue weighted by atomic mass is 9.87. The van der Waals surface area contributed by atoms with Gasteiger partial charge in [-0.05, 0) is 34.4 Å². The third-order valence-electron chi connectivity index (χ3n) is 5.68. The van der Waals surface area contributed by atoms with Crippen LogP contribution in [0, 0.1) is 0 Å². The van der Waals surface area contributed by atoms with Gasteiger partial charge in [-0.2, -0.15) is 0 Å². The smallest absolute Gasteiger partial charge is 0.145 e. The minimum absolute atomic E-state index is 0.0380. The second-order valence-corrected chi connectivity index (χ2v) is 7.76. The second kappa shape index (κ2) is 6.73. The van der Waals surface area contributed by atoms with Gasteiger partial charge in [-0.25, -0.2) is 4.98 Å². The minimum Gasteiger partial charge on any atom is -0.292 e. The van der Waals surface area contributed by atoms with Crippen LogP contribution in [0.1, 0.15) is 58.7 Å². The molecule has 0 radical (unpaired) electrons. The van der Waals surface area contributed by atoms with Crippen molar-refractivity contribution in [3.05, 3.63) is 84.1 Å². The zero-order valence-corrected chi connectivity index (χ0v) is 16.5. The van der Waals surface area contributed by atoms with Crippen molar-refractivity contribution in [1.82, 2.24) is 9.38 Å². The SMILES string of the molecule is [2H]C([2H])([2H])C(c1cccc(C(C)C)c1-c1cnc2c3ccccc3c3ccccc3n12)C([2H])([2H])[2H]. The third-order valence-corrected chi connectivity index (χ3v) is 5.68. The molecule has 0 N–H and O–H groups in total. The number of fused-ring (bicyclic) bond motifs is 6. The van der Waals surface area contributed by atoms with Crippen molar-refractivity contribution >= 4 is 27.3 Å². The van der Waals surface area contributed by atoms with Gasteiger partial charge in [-0.15, -0.1) is 0 Å². The Morgan fingerprint density at radius 1 is 0.759 bits per heavy atom. The summed E-state index contributed by atoms with van der Waals surface area (Å²) in [5.41, 5.74) is 4.19. The molecule has 29 heavy (non-hydrogen) atoms. The van der Waals surface area contributed by atoms with Gasteiger partial charge in [0.05, 0.1) is 17.4 Å². The quantitative estimate of drug-likeness (QED) is 0.293. The number of hydrogen-bond donors (Lipinski definition) is 0. The molecule has 0 saturated heterocycles. The number of benzene rings is 3. The predicted octanol–water partition coefficient (Wildman–Crippen LogP) is 7.55. The Balaban J connectivity index is 1.97. The maximum absolute atomic E-state index is 8.14. The fraction of sp³-hybridized carbons (Fsp3) is 0.222. The highest BCUT2D eigenvalue weighted by molar-refractivity contribution is 6.12. The van der Waals surface area contributed by atoms with E-state index in [2.05, 4.69) is 12.1 Å². The van der Waals surface area contributed by atoms with Crippen LogP contribution >= 0.6 is 0 Å². The topological polar surface area (TPSA) is 17.3 Å². The fourth-order valence-electron chi connectivity index (χ4n) is 4.38. The number of pyridine rings is 1. The van der Waals surface area contributed by atoms with Crippen LogP contribution < -0.4 is 0 Å². The van der Waals surface area contributed by atoms with Gasteiger partial charge in [0.1, 0.15) is 5.65 Å². The molecule has 0 aliphatic rings. The molecule has 2 nitrogen and oxygen atoms in total. The highest BCUT2D eigenvalue weighted by Gasteiger charge is 2.20. The van der Waals surface area contributed by atoms with Crippen LogP contribution in [0.25, 0.3) is 38.6 Å². The number of rotatable bonds is 3. The largest absolute Gasteiger partial charge is 0.292 e. The summed E-state index contributed by atoms with van der Waals surface area (Å²) >= 11 is 0. The molecule has 0 atom stereocenters. The van der Waals surface area contributed by atoms with E-state index in [0.29, 0.717) is 16.8 Å². The molecular formula is C27H26N2. The lowest BCUT2D eigenvalue weighted by molar-refractivity contribution is 0.836. The van der Waals surface area contributed by atoms with Crippen LogP contribution in [-0.2, 0) is 0 Å². The van der Waals surface area contributed by atoms with Gasteiger partial charge in [0, 0.05) is 24.6 Å². The molecular weight excluding hydrogens is 352 g/mol. The van der Waals surface area contributed by atoms with Gasteiger partial charge in [0.25, 0.3) is 0 Å². The lowest BCUT2D eigenvalue weighted by Crippen LogP contribution is -2.02. The zero-order valence-electron chi connectivity index (χ0n) is 22.5. The molecule has 3 aromatic carbocycles. The van der Waals surface area contributed by atoms with Crippen LogP contribution in [0.4, 0.5) is 0 Å². The van der Waals surface area contributed by atoms with E-state index >= 15 is 0 Å². The molecule has 0 fully saturated rings. The highest BCUT2D eigenvalue weighted by Crippen LogP contribution is 2.39. The molecule has 0 aliphatic heterocycles. The van der Waals surface area contributed by atoms with Gasteiger partial charge in [0.2, 0.25) is 0 Å². The predicted molar refractivity (Wildman–Crippen MR) is 124 cm³/mol. The van der Waals surface area contributed by atoms with E-state index in [1.165, 1.54) is 0 Å². The Bertz CT molecular complexity index is 1550. The van der Waals surface area contributed by atoms with E-state index in [4.69, 9.17) is 13.2 Å². The molecule has 2 heterocycles. The van der Waals surface area contributed by atoms with E-state index in [1.807, 2.05) is 60.7 Å². The molecule has 0 amide bonds. The fourth-order valence-corrected chi connectivity index (χ4v) is 4.38. The summed E-state index contributed by atoms with van der Waals surface area (Å²) in [6, 6.07) is 21.4. The van der Waals surface area contributed by atoms with E-state index in [-0.39, 0.29) is 5.92 Å². The molecule has 144 valence electrons. The minimum atomic E-state index is -2.70. The Kier molecular flexibility index (Phi) is 2.89. The van der Waals surface area contributed by atoms with Gasteiger partial charge in [-0.1, -0.05) is 88.2 Å². The average molecular weight is 385 g/mol. The standard InChI is InChI=1S/C27H26N2/c1-17(2)19-13-9-14-20(18(3)4)26(19)25-16-28-27-23-12-6-5-10-21(23)22-11-7-8-15-24(22)29(25)27/h5-18H,1-4H3/i1D3,2D3. The average Bonchev–Trinajstić information content (AvgIpc) is 3.22. The van der Waals surface area contributed by atoms with Crippen LogP contribution in [-0.4, -0.2) is 9.38 Å². The van der Waals surface area contributed by atoms with Crippen LogP contribution in [0.3, 0.4) is 0 Å². The van der Waals surface area contributed by atoms with Gasteiger partial charge < -0.3 is 0 Å². The summed E-state index contributed by atoms with van der Waals surface area (Å²) in [7, 11) is 0. The summed E-state index contributed by atoms with van der Waals surface area (Å²) in [5, 5.41) is 3.10. The third kappa shape index (κ3) is 2.66. The van der Waals surface area contributed by atoms with Crippen molar-refractivity contribution in [3.8, 4) is 11.3 Å².